The molecule has 0 aliphatic carbocycles. The number of carboxylic acids is 1. The third kappa shape index (κ3) is 3.19. The number of hydrogen-bond acceptors (Lipinski definition) is 4. The van der Waals surface area contributed by atoms with Crippen molar-refractivity contribution < 1.29 is 27.9 Å². The number of halogens is 3. The molecule has 0 bridgehead atoms. The van der Waals surface area contributed by atoms with Gasteiger partial charge in [0.1, 0.15) is 0 Å². The topological polar surface area (TPSA) is 88.3 Å². The third-order valence-corrected chi connectivity index (χ3v) is 3.87. The van der Waals surface area contributed by atoms with Crippen molar-refractivity contribution in [3.8, 4) is 0 Å². The van der Waals surface area contributed by atoms with Gasteiger partial charge in [0.2, 0.25) is 5.82 Å². The SMILES string of the molecule is Cc1cc(C(=O)O)cc(C(=O)N2CCn3c(nnc3C(F)(F)F)C2)c1. The number of carbonyl (C=O) groups excluding carboxylic acids is 1. The van der Waals surface area contributed by atoms with Crippen LogP contribution in [0.15, 0.2) is 18.2 Å². The molecule has 0 saturated carbocycles. The Bertz CT molecular complexity index is 860. The van der Waals surface area contributed by atoms with Crippen LogP contribution in [0.1, 0.15) is 37.9 Å². The fraction of sp³-hybridized carbons (Fsp3) is 0.333. The quantitative estimate of drug-likeness (QED) is 0.891. The maximum atomic E-state index is 12.8. The molecule has 25 heavy (non-hydrogen) atoms. The highest BCUT2D eigenvalue weighted by atomic mass is 19.4. The molecule has 0 atom stereocenters. The Hall–Kier alpha value is -2.91. The van der Waals surface area contributed by atoms with Crippen LogP contribution < -0.4 is 0 Å². The fourth-order valence-electron chi connectivity index (χ4n) is 2.75. The predicted octanol–water partition coefficient (Wildman–Crippen LogP) is 1.96. The van der Waals surface area contributed by atoms with Gasteiger partial charge in [-0.2, -0.15) is 13.2 Å². The van der Waals surface area contributed by atoms with Crippen LogP contribution in [0.25, 0.3) is 0 Å². The zero-order valence-electron chi connectivity index (χ0n) is 13.0. The molecule has 1 N–H and O–H groups in total. The van der Waals surface area contributed by atoms with E-state index in [0.717, 1.165) is 4.57 Å². The summed E-state index contributed by atoms with van der Waals surface area (Å²) in [6, 6.07) is 4.22. The van der Waals surface area contributed by atoms with E-state index in [0.29, 0.717) is 5.56 Å². The number of aromatic carboxylic acids is 1. The lowest BCUT2D eigenvalue weighted by Gasteiger charge is -2.28. The lowest BCUT2D eigenvalue weighted by Crippen LogP contribution is -2.39. The summed E-state index contributed by atoms with van der Waals surface area (Å²) >= 11 is 0. The standard InChI is InChI=1S/C15H13F3N4O3/c1-8-4-9(6-10(5-8)13(24)25)12(23)21-2-3-22-11(7-21)19-20-14(22)15(16,17)18/h4-6H,2-3,7H2,1H3,(H,24,25). The Morgan fingerprint density at radius 1 is 1.12 bits per heavy atom. The van der Waals surface area contributed by atoms with E-state index in [9.17, 15) is 22.8 Å². The highest BCUT2D eigenvalue weighted by Crippen LogP contribution is 2.29. The van der Waals surface area contributed by atoms with Gasteiger partial charge >= 0.3 is 12.1 Å². The van der Waals surface area contributed by atoms with Gasteiger partial charge in [-0.3, -0.25) is 4.79 Å². The van der Waals surface area contributed by atoms with E-state index in [1.165, 1.54) is 23.1 Å². The van der Waals surface area contributed by atoms with Crippen molar-refractivity contribution in [2.75, 3.05) is 6.54 Å². The molecular formula is C15H13F3N4O3. The summed E-state index contributed by atoms with van der Waals surface area (Å²) in [5.41, 5.74) is 0.743. The number of carbonyl (C=O) groups is 2. The van der Waals surface area contributed by atoms with E-state index in [-0.39, 0.29) is 36.6 Å². The molecule has 132 valence electrons. The summed E-state index contributed by atoms with van der Waals surface area (Å²) in [4.78, 5) is 25.0. The second kappa shape index (κ2) is 5.87. The molecule has 1 aromatic carbocycles. The largest absolute Gasteiger partial charge is 0.478 e. The first-order chi connectivity index (χ1) is 11.7. The average Bonchev–Trinajstić information content (AvgIpc) is 2.96. The van der Waals surface area contributed by atoms with E-state index in [1.54, 1.807) is 6.92 Å². The molecule has 1 aliphatic rings. The first kappa shape index (κ1) is 16.9. The Labute approximate surface area is 139 Å². The highest BCUT2D eigenvalue weighted by Gasteiger charge is 2.40. The molecule has 0 saturated heterocycles. The van der Waals surface area contributed by atoms with Crippen molar-refractivity contribution in [1.82, 2.24) is 19.7 Å². The van der Waals surface area contributed by atoms with Gasteiger partial charge in [-0.15, -0.1) is 10.2 Å². The summed E-state index contributed by atoms with van der Waals surface area (Å²) in [7, 11) is 0. The van der Waals surface area contributed by atoms with Crippen LogP contribution >= 0.6 is 0 Å². The maximum Gasteiger partial charge on any atom is 0.451 e. The van der Waals surface area contributed by atoms with Gasteiger partial charge in [-0.25, -0.2) is 4.79 Å². The number of amides is 1. The van der Waals surface area contributed by atoms with Crippen LogP contribution in [0.3, 0.4) is 0 Å². The van der Waals surface area contributed by atoms with E-state index < -0.39 is 23.9 Å². The van der Waals surface area contributed by atoms with E-state index in [1.807, 2.05) is 0 Å². The summed E-state index contributed by atoms with van der Waals surface area (Å²) in [5.74, 6) is -2.67. The molecule has 3 rings (SSSR count). The first-order valence-electron chi connectivity index (χ1n) is 7.30. The normalized spacial score (nSPS) is 14.3. The number of hydrogen-bond donors (Lipinski definition) is 1. The molecular weight excluding hydrogens is 341 g/mol. The lowest BCUT2D eigenvalue weighted by atomic mass is 10.1. The predicted molar refractivity (Wildman–Crippen MR) is 77.9 cm³/mol. The molecule has 0 unspecified atom stereocenters. The number of fused-ring (bicyclic) bond motifs is 1. The molecule has 1 aliphatic heterocycles. The molecule has 10 heteroatoms. The van der Waals surface area contributed by atoms with Gasteiger partial charge in [0.15, 0.2) is 5.82 Å². The summed E-state index contributed by atoms with van der Waals surface area (Å²) in [6.45, 7) is 1.49. The average molecular weight is 354 g/mol. The first-order valence-corrected chi connectivity index (χ1v) is 7.30. The van der Waals surface area contributed by atoms with Gasteiger partial charge in [-0.1, -0.05) is 0 Å². The van der Waals surface area contributed by atoms with Crippen LogP contribution in [-0.4, -0.2) is 43.2 Å². The summed E-state index contributed by atoms with van der Waals surface area (Å²) in [6.07, 6.45) is -4.61. The molecule has 7 nitrogen and oxygen atoms in total. The minimum Gasteiger partial charge on any atom is -0.478 e. The number of rotatable bonds is 2. The number of alkyl halides is 3. The minimum atomic E-state index is -4.61. The highest BCUT2D eigenvalue weighted by molar-refractivity contribution is 5.97. The number of aryl methyl sites for hydroxylation is 1. The Morgan fingerprint density at radius 3 is 2.44 bits per heavy atom. The van der Waals surface area contributed by atoms with E-state index in [4.69, 9.17) is 5.11 Å². The van der Waals surface area contributed by atoms with Gasteiger partial charge in [0.25, 0.3) is 5.91 Å². The summed E-state index contributed by atoms with van der Waals surface area (Å²) < 4.78 is 39.5. The van der Waals surface area contributed by atoms with Crippen molar-refractivity contribution in [3.05, 3.63) is 46.5 Å². The Kier molecular flexibility index (Phi) is 3.97. The Morgan fingerprint density at radius 2 is 1.80 bits per heavy atom. The van der Waals surface area contributed by atoms with Gasteiger partial charge in [0, 0.05) is 18.7 Å². The van der Waals surface area contributed by atoms with Gasteiger partial charge in [-0.05, 0) is 30.7 Å². The molecule has 1 aromatic heterocycles. The number of aromatic nitrogens is 3. The van der Waals surface area contributed by atoms with E-state index in [2.05, 4.69) is 10.2 Å². The van der Waals surface area contributed by atoms with Crippen LogP contribution in [0.4, 0.5) is 13.2 Å². The second-order valence-electron chi connectivity index (χ2n) is 5.71. The van der Waals surface area contributed by atoms with Crippen molar-refractivity contribution in [3.63, 3.8) is 0 Å². The lowest BCUT2D eigenvalue weighted by molar-refractivity contribution is -0.147. The van der Waals surface area contributed by atoms with Crippen LogP contribution in [0, 0.1) is 6.92 Å². The van der Waals surface area contributed by atoms with Crippen LogP contribution in [-0.2, 0) is 19.3 Å². The number of nitrogens with zero attached hydrogens (tertiary/aromatic N) is 4. The fourth-order valence-corrected chi connectivity index (χ4v) is 2.75. The smallest absolute Gasteiger partial charge is 0.451 e. The second-order valence-corrected chi connectivity index (χ2v) is 5.71. The van der Waals surface area contributed by atoms with Crippen LogP contribution in [0.5, 0.6) is 0 Å². The van der Waals surface area contributed by atoms with Crippen molar-refractivity contribution in [2.45, 2.75) is 26.2 Å². The third-order valence-electron chi connectivity index (χ3n) is 3.87. The zero-order chi connectivity index (χ0) is 18.4. The van der Waals surface area contributed by atoms with E-state index >= 15 is 0 Å². The minimum absolute atomic E-state index is 0.0251. The van der Waals surface area contributed by atoms with Crippen molar-refractivity contribution in [1.29, 1.82) is 0 Å². The van der Waals surface area contributed by atoms with Crippen LogP contribution in [0.2, 0.25) is 0 Å². The molecule has 0 spiro atoms. The molecule has 2 aromatic rings. The zero-order valence-corrected chi connectivity index (χ0v) is 13.0. The molecule has 2 heterocycles. The maximum absolute atomic E-state index is 12.8. The number of benzene rings is 1. The molecule has 0 fully saturated rings. The Balaban J connectivity index is 1.86. The summed E-state index contributed by atoms with van der Waals surface area (Å²) in [5, 5.41) is 15.8. The number of carboxylic acid groups (broad SMARTS) is 1. The van der Waals surface area contributed by atoms with Gasteiger partial charge in [0.05, 0.1) is 12.1 Å². The molecule has 1 amide bonds. The monoisotopic (exact) mass is 354 g/mol. The van der Waals surface area contributed by atoms with Gasteiger partial charge < -0.3 is 14.6 Å². The van der Waals surface area contributed by atoms with Crippen molar-refractivity contribution >= 4 is 11.9 Å². The van der Waals surface area contributed by atoms with Crippen molar-refractivity contribution in [2.24, 2.45) is 0 Å². The molecule has 0 radical (unpaired) electrons.